The third kappa shape index (κ3) is 1.54. The van der Waals surface area contributed by atoms with Crippen LogP contribution in [-0.2, 0) is 0 Å². The van der Waals surface area contributed by atoms with E-state index in [1.54, 1.807) is 18.3 Å². The van der Waals surface area contributed by atoms with Gasteiger partial charge in [-0.2, -0.15) is 10.5 Å². The Labute approximate surface area is 85.7 Å². The molecule has 0 saturated carbocycles. The van der Waals surface area contributed by atoms with Crippen LogP contribution in [0.25, 0.3) is 11.5 Å². The molecule has 0 aliphatic rings. The highest BCUT2D eigenvalue weighted by atomic mass is 15.0. The fourth-order valence-electron chi connectivity index (χ4n) is 1.16. The van der Waals surface area contributed by atoms with E-state index in [0.717, 1.165) is 0 Å². The second-order valence-electron chi connectivity index (χ2n) is 2.75. The second-order valence-corrected chi connectivity index (χ2v) is 2.75. The molecule has 2 rings (SSSR count). The lowest BCUT2D eigenvalue weighted by Gasteiger charge is -1.91. The number of H-pyrrole nitrogens is 1. The lowest BCUT2D eigenvalue weighted by atomic mass is 10.3. The number of aromatic nitrogens is 3. The molecule has 2 aromatic rings. The van der Waals surface area contributed by atoms with Crippen LogP contribution in [0.5, 0.6) is 0 Å². The Morgan fingerprint density at radius 2 is 2.07 bits per heavy atom. The minimum atomic E-state index is 0.0955. The van der Waals surface area contributed by atoms with Gasteiger partial charge in [0.25, 0.3) is 0 Å². The zero-order chi connectivity index (χ0) is 10.7. The van der Waals surface area contributed by atoms with Gasteiger partial charge in [-0.1, -0.05) is 6.07 Å². The van der Waals surface area contributed by atoms with Gasteiger partial charge in [0.05, 0.1) is 0 Å². The molecule has 0 aliphatic heterocycles. The molecule has 0 radical (unpaired) electrons. The van der Waals surface area contributed by atoms with E-state index in [1.807, 2.05) is 18.2 Å². The molecular formula is C10H5N5. The van der Waals surface area contributed by atoms with Crippen LogP contribution in [-0.4, -0.2) is 15.0 Å². The monoisotopic (exact) mass is 195 g/mol. The van der Waals surface area contributed by atoms with Gasteiger partial charge in [0.1, 0.15) is 17.8 Å². The van der Waals surface area contributed by atoms with Crippen LogP contribution in [0.2, 0.25) is 0 Å². The van der Waals surface area contributed by atoms with Gasteiger partial charge in [0.2, 0.25) is 0 Å². The number of nitrogens with zero attached hydrogens (tertiary/aromatic N) is 4. The summed E-state index contributed by atoms with van der Waals surface area (Å²) in [5.41, 5.74) is 0.867. The number of imidazole rings is 1. The molecule has 0 saturated heterocycles. The van der Waals surface area contributed by atoms with Crippen molar-refractivity contribution in [3.05, 3.63) is 35.8 Å². The van der Waals surface area contributed by atoms with Crippen LogP contribution in [0.3, 0.4) is 0 Å². The molecule has 0 unspecified atom stereocenters. The number of nitrogens with one attached hydrogen (secondary N) is 1. The van der Waals surface area contributed by atoms with Gasteiger partial charge in [-0.15, -0.1) is 0 Å². The maximum absolute atomic E-state index is 8.72. The van der Waals surface area contributed by atoms with Gasteiger partial charge in [-0.25, -0.2) is 4.98 Å². The predicted molar refractivity (Wildman–Crippen MR) is 51.2 cm³/mol. The minimum absolute atomic E-state index is 0.0955. The maximum Gasteiger partial charge on any atom is 0.177 e. The lowest BCUT2D eigenvalue weighted by molar-refractivity contribution is 1.21. The molecule has 0 aliphatic carbocycles. The Morgan fingerprint density at radius 3 is 2.60 bits per heavy atom. The largest absolute Gasteiger partial charge is 0.327 e. The van der Waals surface area contributed by atoms with Gasteiger partial charge in [0, 0.05) is 6.20 Å². The van der Waals surface area contributed by atoms with Crippen LogP contribution < -0.4 is 0 Å². The smallest absolute Gasteiger partial charge is 0.177 e. The Kier molecular flexibility index (Phi) is 2.14. The molecule has 0 atom stereocenters. The van der Waals surface area contributed by atoms with E-state index in [9.17, 15) is 0 Å². The van der Waals surface area contributed by atoms with Crippen LogP contribution in [0, 0.1) is 22.7 Å². The summed E-state index contributed by atoms with van der Waals surface area (Å²) in [5.74, 6) is 0.434. The zero-order valence-electron chi connectivity index (χ0n) is 7.60. The second kappa shape index (κ2) is 3.60. The first kappa shape index (κ1) is 8.92. The number of hydrogen-bond acceptors (Lipinski definition) is 4. The van der Waals surface area contributed by atoms with Gasteiger partial charge in [0.15, 0.2) is 17.2 Å². The van der Waals surface area contributed by atoms with Gasteiger partial charge in [-0.05, 0) is 12.1 Å². The molecule has 0 bridgehead atoms. The summed E-state index contributed by atoms with van der Waals surface area (Å²) in [6.45, 7) is 0. The van der Waals surface area contributed by atoms with Crippen LogP contribution >= 0.6 is 0 Å². The molecule has 1 N–H and O–H groups in total. The molecule has 5 nitrogen and oxygen atoms in total. The Bertz CT molecular complexity index is 524. The quantitative estimate of drug-likeness (QED) is 0.740. The number of hydrogen-bond donors (Lipinski definition) is 1. The number of aromatic amines is 1. The van der Waals surface area contributed by atoms with E-state index in [1.165, 1.54) is 0 Å². The van der Waals surface area contributed by atoms with Gasteiger partial charge >= 0.3 is 0 Å². The number of rotatable bonds is 1. The van der Waals surface area contributed by atoms with E-state index < -0.39 is 0 Å². The molecule has 5 heteroatoms. The van der Waals surface area contributed by atoms with Crippen molar-refractivity contribution < 1.29 is 0 Å². The summed E-state index contributed by atoms with van der Waals surface area (Å²) in [6.07, 6.45) is 1.62. The topological polar surface area (TPSA) is 89.2 Å². The van der Waals surface area contributed by atoms with Crippen molar-refractivity contribution in [1.29, 1.82) is 10.5 Å². The molecule has 0 amide bonds. The zero-order valence-corrected chi connectivity index (χ0v) is 7.60. The van der Waals surface area contributed by atoms with Gasteiger partial charge < -0.3 is 4.98 Å². The summed E-state index contributed by atoms with van der Waals surface area (Å²) in [4.78, 5) is 10.8. The third-order valence-corrected chi connectivity index (χ3v) is 1.83. The summed E-state index contributed by atoms with van der Waals surface area (Å²) in [6, 6.07) is 9.05. The summed E-state index contributed by atoms with van der Waals surface area (Å²) >= 11 is 0. The third-order valence-electron chi connectivity index (χ3n) is 1.83. The summed E-state index contributed by atoms with van der Waals surface area (Å²) < 4.78 is 0. The maximum atomic E-state index is 8.72. The van der Waals surface area contributed by atoms with Crippen LogP contribution in [0.1, 0.15) is 11.4 Å². The van der Waals surface area contributed by atoms with E-state index in [2.05, 4.69) is 15.0 Å². The molecule has 2 heterocycles. The Hall–Kier alpha value is -2.66. The number of pyridine rings is 1. The number of nitriles is 2. The predicted octanol–water partition coefficient (Wildman–Crippen LogP) is 1.22. The van der Waals surface area contributed by atoms with Crippen LogP contribution in [0.15, 0.2) is 24.4 Å². The summed E-state index contributed by atoms with van der Waals surface area (Å²) in [7, 11) is 0. The molecule has 70 valence electrons. The lowest BCUT2D eigenvalue weighted by Crippen LogP contribution is -1.83. The fourth-order valence-corrected chi connectivity index (χ4v) is 1.16. The van der Waals surface area contributed by atoms with E-state index in [-0.39, 0.29) is 11.4 Å². The highest BCUT2D eigenvalue weighted by Crippen LogP contribution is 2.14. The molecule has 0 fully saturated rings. The van der Waals surface area contributed by atoms with Crippen molar-refractivity contribution in [1.82, 2.24) is 15.0 Å². The van der Waals surface area contributed by atoms with Crippen molar-refractivity contribution in [3.63, 3.8) is 0 Å². The van der Waals surface area contributed by atoms with Gasteiger partial charge in [-0.3, -0.25) is 4.98 Å². The molecular weight excluding hydrogens is 190 g/mol. The van der Waals surface area contributed by atoms with Crippen molar-refractivity contribution in [2.24, 2.45) is 0 Å². The minimum Gasteiger partial charge on any atom is -0.327 e. The average molecular weight is 195 g/mol. The van der Waals surface area contributed by atoms with E-state index >= 15 is 0 Å². The first-order chi connectivity index (χ1) is 7.35. The van der Waals surface area contributed by atoms with E-state index in [0.29, 0.717) is 11.5 Å². The van der Waals surface area contributed by atoms with Crippen molar-refractivity contribution in [2.75, 3.05) is 0 Å². The fraction of sp³-hybridized carbons (Fsp3) is 0. The normalized spacial score (nSPS) is 9.20. The SMILES string of the molecule is N#Cc1nc(-c2ccccn2)[nH]c1C#N. The Morgan fingerprint density at radius 1 is 1.20 bits per heavy atom. The standard InChI is InChI=1S/C10H5N5/c11-5-8-9(6-12)15-10(14-8)7-3-1-2-4-13-7/h1-4H,(H,14,15). The highest BCUT2D eigenvalue weighted by molar-refractivity contribution is 5.53. The summed E-state index contributed by atoms with van der Waals surface area (Å²) in [5, 5.41) is 17.4. The van der Waals surface area contributed by atoms with Crippen molar-refractivity contribution in [3.8, 4) is 23.7 Å². The highest BCUT2D eigenvalue weighted by Gasteiger charge is 2.10. The van der Waals surface area contributed by atoms with Crippen LogP contribution in [0.4, 0.5) is 0 Å². The molecule has 0 spiro atoms. The molecule has 0 aromatic carbocycles. The first-order valence-electron chi connectivity index (χ1n) is 4.16. The first-order valence-corrected chi connectivity index (χ1v) is 4.16. The van der Waals surface area contributed by atoms with Crippen molar-refractivity contribution >= 4 is 0 Å². The Balaban J connectivity index is 2.54. The van der Waals surface area contributed by atoms with E-state index in [4.69, 9.17) is 10.5 Å². The van der Waals surface area contributed by atoms with Crippen molar-refractivity contribution in [2.45, 2.75) is 0 Å². The molecule has 15 heavy (non-hydrogen) atoms. The average Bonchev–Trinajstić information content (AvgIpc) is 2.73. The molecule has 2 aromatic heterocycles.